The third-order valence-corrected chi connectivity index (χ3v) is 3.42. The molecule has 0 saturated heterocycles. The lowest BCUT2D eigenvalue weighted by molar-refractivity contribution is -0.122. The lowest BCUT2D eigenvalue weighted by Crippen LogP contribution is -2.30. The molecule has 1 unspecified atom stereocenters. The van der Waals surface area contributed by atoms with E-state index in [1.165, 1.54) is 6.26 Å². The number of imidazole rings is 1. The lowest BCUT2D eigenvalue weighted by Gasteiger charge is -2.18. The van der Waals surface area contributed by atoms with Crippen molar-refractivity contribution in [2.75, 3.05) is 13.2 Å². The Labute approximate surface area is 128 Å². The maximum Gasteiger partial charge on any atom is 0.290 e. The van der Waals surface area contributed by atoms with Gasteiger partial charge in [-0.25, -0.2) is 4.98 Å². The molecule has 1 amide bonds. The number of hydrogen-bond acceptors (Lipinski definition) is 4. The number of rotatable bonds is 4. The molecule has 1 aliphatic heterocycles. The molecular weight excluding hydrogens is 282 g/mol. The van der Waals surface area contributed by atoms with E-state index in [0.29, 0.717) is 13.2 Å². The first-order valence-electron chi connectivity index (χ1n) is 7.08. The zero-order valence-electron chi connectivity index (χ0n) is 12.2. The molecule has 0 spiro atoms. The van der Waals surface area contributed by atoms with Gasteiger partial charge in [-0.2, -0.15) is 0 Å². The van der Waals surface area contributed by atoms with E-state index in [9.17, 15) is 4.79 Å². The van der Waals surface area contributed by atoms with Crippen LogP contribution in [0.4, 0.5) is 0 Å². The fourth-order valence-electron chi connectivity index (χ4n) is 2.19. The van der Waals surface area contributed by atoms with Crippen LogP contribution in [0.25, 0.3) is 5.69 Å². The predicted octanol–water partition coefficient (Wildman–Crippen LogP) is 1.94. The van der Waals surface area contributed by atoms with Gasteiger partial charge in [0.1, 0.15) is 19.5 Å². The normalized spacial score (nSPS) is 15.2. The molecule has 1 aliphatic rings. The number of benzene rings is 1. The highest BCUT2D eigenvalue weighted by atomic mass is 16.6. The number of ether oxygens (including phenoxy) is 2. The van der Waals surface area contributed by atoms with E-state index in [1.807, 2.05) is 42.0 Å². The summed E-state index contributed by atoms with van der Waals surface area (Å²) >= 11 is 0. The smallest absolute Gasteiger partial charge is 0.290 e. The molecule has 1 N–H and O–H groups in total. The van der Waals surface area contributed by atoms with Gasteiger partial charge in [0.15, 0.2) is 0 Å². The molecule has 2 heterocycles. The van der Waals surface area contributed by atoms with Gasteiger partial charge in [-0.3, -0.25) is 4.79 Å². The molecule has 22 heavy (non-hydrogen) atoms. The number of carbonyl (C=O) groups is 1. The van der Waals surface area contributed by atoms with Crippen LogP contribution in [-0.2, 0) is 14.3 Å². The van der Waals surface area contributed by atoms with Crippen LogP contribution < -0.4 is 5.32 Å². The van der Waals surface area contributed by atoms with E-state index in [-0.39, 0.29) is 17.7 Å². The van der Waals surface area contributed by atoms with Crippen molar-refractivity contribution in [3.05, 3.63) is 60.6 Å². The van der Waals surface area contributed by atoms with Crippen molar-refractivity contribution in [2.24, 2.45) is 0 Å². The molecule has 1 aromatic carbocycles. The summed E-state index contributed by atoms with van der Waals surface area (Å²) in [6.45, 7) is 2.80. The summed E-state index contributed by atoms with van der Waals surface area (Å²) in [6.07, 6.45) is 6.71. The summed E-state index contributed by atoms with van der Waals surface area (Å²) < 4.78 is 12.3. The second-order valence-electron chi connectivity index (χ2n) is 4.96. The third-order valence-electron chi connectivity index (χ3n) is 3.42. The number of aromatic nitrogens is 2. The first-order valence-corrected chi connectivity index (χ1v) is 7.08. The SMILES string of the molecule is CC(NC(=O)C1=COCCO1)c1ccc(-n2ccnc2)cc1. The molecule has 6 nitrogen and oxygen atoms in total. The Bertz CT molecular complexity index is 662. The van der Waals surface area contributed by atoms with Gasteiger partial charge in [0.25, 0.3) is 5.91 Å². The van der Waals surface area contributed by atoms with Crippen LogP contribution in [0, 0.1) is 0 Å². The molecule has 114 valence electrons. The molecular formula is C16H17N3O3. The first-order chi connectivity index (χ1) is 10.7. The monoisotopic (exact) mass is 299 g/mol. The first kappa shape index (κ1) is 14.2. The maximum atomic E-state index is 12.0. The van der Waals surface area contributed by atoms with Crippen LogP contribution in [0.3, 0.4) is 0 Å². The predicted molar refractivity (Wildman–Crippen MR) is 80.1 cm³/mol. The molecule has 0 aliphatic carbocycles. The highest BCUT2D eigenvalue weighted by Gasteiger charge is 2.17. The fourth-order valence-corrected chi connectivity index (χ4v) is 2.19. The van der Waals surface area contributed by atoms with Gasteiger partial charge in [-0.05, 0) is 24.6 Å². The van der Waals surface area contributed by atoms with Crippen molar-refractivity contribution >= 4 is 5.91 Å². The third kappa shape index (κ3) is 3.11. The second kappa shape index (κ2) is 6.34. The molecule has 6 heteroatoms. The van der Waals surface area contributed by atoms with Gasteiger partial charge >= 0.3 is 0 Å². The quantitative estimate of drug-likeness (QED) is 0.937. The van der Waals surface area contributed by atoms with E-state index in [0.717, 1.165) is 11.3 Å². The van der Waals surface area contributed by atoms with Crippen molar-refractivity contribution < 1.29 is 14.3 Å². The fraction of sp³-hybridized carbons (Fsp3) is 0.250. The van der Waals surface area contributed by atoms with Gasteiger partial charge in [0.05, 0.1) is 12.4 Å². The van der Waals surface area contributed by atoms with Crippen LogP contribution in [0.5, 0.6) is 0 Å². The minimum Gasteiger partial charge on any atom is -0.494 e. The molecule has 2 aromatic rings. The molecule has 0 bridgehead atoms. The zero-order valence-corrected chi connectivity index (χ0v) is 12.2. The Balaban J connectivity index is 1.66. The number of nitrogens with one attached hydrogen (secondary N) is 1. The number of hydrogen-bond donors (Lipinski definition) is 1. The number of amides is 1. The zero-order chi connectivity index (χ0) is 15.4. The van der Waals surface area contributed by atoms with Crippen LogP contribution in [-0.4, -0.2) is 28.7 Å². The van der Waals surface area contributed by atoms with Gasteiger partial charge in [0.2, 0.25) is 5.76 Å². The van der Waals surface area contributed by atoms with Gasteiger partial charge in [-0.15, -0.1) is 0 Å². The van der Waals surface area contributed by atoms with E-state index in [1.54, 1.807) is 12.5 Å². The summed E-state index contributed by atoms with van der Waals surface area (Å²) in [7, 11) is 0. The average molecular weight is 299 g/mol. The largest absolute Gasteiger partial charge is 0.494 e. The maximum absolute atomic E-state index is 12.0. The summed E-state index contributed by atoms with van der Waals surface area (Å²) in [5.74, 6) is -0.0565. The molecule has 0 fully saturated rings. The number of nitrogens with zero attached hydrogens (tertiary/aromatic N) is 2. The van der Waals surface area contributed by atoms with Crippen LogP contribution in [0.2, 0.25) is 0 Å². The molecule has 1 atom stereocenters. The Kier molecular flexibility index (Phi) is 4.09. The lowest BCUT2D eigenvalue weighted by atomic mass is 10.1. The summed E-state index contributed by atoms with van der Waals surface area (Å²) in [6, 6.07) is 7.80. The van der Waals surface area contributed by atoms with Crippen molar-refractivity contribution in [1.82, 2.24) is 14.9 Å². The Morgan fingerprint density at radius 3 is 2.77 bits per heavy atom. The Hall–Kier alpha value is -2.76. The van der Waals surface area contributed by atoms with Crippen LogP contribution >= 0.6 is 0 Å². The molecule has 0 saturated carbocycles. The molecule has 3 rings (SSSR count). The van der Waals surface area contributed by atoms with Crippen molar-refractivity contribution in [3.63, 3.8) is 0 Å². The topological polar surface area (TPSA) is 65.4 Å². The minimum atomic E-state index is -0.272. The summed E-state index contributed by atoms with van der Waals surface area (Å²) in [5, 5.41) is 2.89. The van der Waals surface area contributed by atoms with Crippen molar-refractivity contribution in [3.8, 4) is 5.69 Å². The van der Waals surface area contributed by atoms with Crippen LogP contribution in [0.15, 0.2) is 55.0 Å². The van der Waals surface area contributed by atoms with Gasteiger partial charge in [-0.1, -0.05) is 12.1 Å². The average Bonchev–Trinajstić information content (AvgIpc) is 3.10. The van der Waals surface area contributed by atoms with E-state index >= 15 is 0 Å². The molecule has 0 radical (unpaired) electrons. The van der Waals surface area contributed by atoms with E-state index < -0.39 is 0 Å². The second-order valence-corrected chi connectivity index (χ2v) is 4.96. The Morgan fingerprint density at radius 2 is 2.14 bits per heavy atom. The minimum absolute atomic E-state index is 0.129. The summed E-state index contributed by atoms with van der Waals surface area (Å²) in [5.41, 5.74) is 2.03. The number of carbonyl (C=O) groups excluding carboxylic acids is 1. The Morgan fingerprint density at radius 1 is 1.32 bits per heavy atom. The highest BCUT2D eigenvalue weighted by molar-refractivity contribution is 5.91. The van der Waals surface area contributed by atoms with Gasteiger partial charge < -0.3 is 19.4 Å². The molecule has 1 aromatic heterocycles. The van der Waals surface area contributed by atoms with E-state index in [4.69, 9.17) is 9.47 Å². The van der Waals surface area contributed by atoms with E-state index in [2.05, 4.69) is 10.3 Å². The highest BCUT2D eigenvalue weighted by Crippen LogP contribution is 2.16. The van der Waals surface area contributed by atoms with Crippen molar-refractivity contribution in [1.29, 1.82) is 0 Å². The van der Waals surface area contributed by atoms with Crippen LogP contribution in [0.1, 0.15) is 18.5 Å². The standard InChI is InChI=1S/C16H17N3O3/c1-12(18-16(20)15-10-21-8-9-22-15)13-2-4-14(5-3-13)19-7-6-17-11-19/h2-7,10-12H,8-9H2,1H3,(H,18,20). The van der Waals surface area contributed by atoms with Gasteiger partial charge in [0, 0.05) is 18.1 Å². The summed E-state index contributed by atoms with van der Waals surface area (Å²) in [4.78, 5) is 16.1. The van der Waals surface area contributed by atoms with Crippen molar-refractivity contribution in [2.45, 2.75) is 13.0 Å².